The molecule has 1 amide bonds. The number of aromatic nitrogens is 2. The second-order valence-electron chi connectivity index (χ2n) is 7.18. The van der Waals surface area contributed by atoms with Crippen LogP contribution in [0.3, 0.4) is 0 Å². The van der Waals surface area contributed by atoms with E-state index in [0.29, 0.717) is 49.6 Å². The first kappa shape index (κ1) is 21.9. The quantitative estimate of drug-likeness (QED) is 0.698. The summed E-state index contributed by atoms with van der Waals surface area (Å²) in [5.74, 6) is 0.819. The first-order valence-electron chi connectivity index (χ1n) is 9.42. The Hall–Kier alpha value is -1.82. The number of alkyl halides is 1. The van der Waals surface area contributed by atoms with Crippen molar-refractivity contribution in [1.82, 2.24) is 20.2 Å². The van der Waals surface area contributed by atoms with E-state index in [1.165, 1.54) is 7.11 Å². The van der Waals surface area contributed by atoms with Crippen LogP contribution in [0.4, 0.5) is 4.39 Å². The molecule has 2 aromatic rings. The van der Waals surface area contributed by atoms with Crippen molar-refractivity contribution in [2.45, 2.75) is 31.2 Å². The van der Waals surface area contributed by atoms with E-state index in [0.717, 1.165) is 5.56 Å². The Morgan fingerprint density at radius 2 is 2.03 bits per heavy atom. The summed E-state index contributed by atoms with van der Waals surface area (Å²) in [6.07, 6.45) is 4.35. The van der Waals surface area contributed by atoms with Crippen LogP contribution in [0.15, 0.2) is 30.6 Å². The number of ether oxygens (including phenoxy) is 1. The van der Waals surface area contributed by atoms with Crippen LogP contribution in [-0.2, 0) is 0 Å². The average Bonchev–Trinajstić information content (AvgIpc) is 2.70. The molecule has 156 valence electrons. The van der Waals surface area contributed by atoms with Crippen molar-refractivity contribution in [3.8, 4) is 5.75 Å². The van der Waals surface area contributed by atoms with E-state index >= 15 is 0 Å². The maximum Gasteiger partial charge on any atom is 0.253 e. The number of rotatable bonds is 6. The zero-order valence-electron chi connectivity index (χ0n) is 16.5. The number of aryl methyl sites for hydroxylation is 1. The third-order valence-corrected chi connectivity index (χ3v) is 6.11. The van der Waals surface area contributed by atoms with E-state index < -0.39 is 5.41 Å². The molecule has 6 nitrogen and oxygen atoms in total. The molecule has 3 rings (SSSR count). The lowest BCUT2D eigenvalue weighted by molar-refractivity contribution is 0.0827. The molecular formula is C20H25ClFN4O2P. The number of piperidine rings is 1. The van der Waals surface area contributed by atoms with Crippen LogP contribution in [0.1, 0.15) is 40.6 Å². The Balaban J connectivity index is 1.77. The van der Waals surface area contributed by atoms with Crippen molar-refractivity contribution in [2.24, 2.45) is 0 Å². The number of benzene rings is 1. The second-order valence-corrected chi connectivity index (χ2v) is 8.59. The van der Waals surface area contributed by atoms with Gasteiger partial charge in [-0.25, -0.2) is 14.4 Å². The van der Waals surface area contributed by atoms with Gasteiger partial charge >= 0.3 is 0 Å². The van der Waals surface area contributed by atoms with Gasteiger partial charge in [-0.1, -0.05) is 26.9 Å². The highest BCUT2D eigenvalue weighted by Crippen LogP contribution is 2.35. The van der Waals surface area contributed by atoms with E-state index in [1.807, 2.05) is 6.92 Å². The molecular weight excluding hydrogens is 414 g/mol. The Bertz CT molecular complexity index is 856. The number of nitrogens with one attached hydrogen (secondary N) is 1. The van der Waals surface area contributed by atoms with Crippen molar-refractivity contribution in [2.75, 3.05) is 26.7 Å². The number of carbonyl (C=O) groups excluding carboxylic acids is 1. The maximum atomic E-state index is 14.2. The molecule has 0 spiro atoms. The normalized spacial score (nSPS) is 17.6. The minimum Gasteiger partial charge on any atom is -0.495 e. The van der Waals surface area contributed by atoms with E-state index in [-0.39, 0.29) is 17.0 Å². The maximum absolute atomic E-state index is 14.2. The van der Waals surface area contributed by atoms with Gasteiger partial charge in [0.1, 0.15) is 17.0 Å². The number of hydrogen-bond acceptors (Lipinski definition) is 5. The highest BCUT2D eigenvalue weighted by atomic mass is 35.5. The van der Waals surface area contributed by atoms with Gasteiger partial charge in [-0.05, 0) is 31.9 Å². The number of halogens is 2. The lowest BCUT2D eigenvalue weighted by Crippen LogP contribution is -2.44. The number of methoxy groups -OCH3 is 1. The molecule has 1 aliphatic heterocycles. The Kier molecular flexibility index (Phi) is 7.04. The van der Waals surface area contributed by atoms with Gasteiger partial charge in [0.2, 0.25) is 0 Å². The molecule has 0 saturated carbocycles. The lowest BCUT2D eigenvalue weighted by atomic mass is 10.0. The van der Waals surface area contributed by atoms with E-state index in [4.69, 9.17) is 16.3 Å². The number of likely N-dealkylation sites (tertiary alicyclic amines) is 1. The Morgan fingerprint density at radius 3 is 2.66 bits per heavy atom. The number of hydrogen-bond donors (Lipinski definition) is 1. The monoisotopic (exact) mass is 438 g/mol. The molecule has 1 aliphatic rings. The number of carbonyl (C=O) groups is 1. The van der Waals surface area contributed by atoms with Crippen molar-refractivity contribution >= 4 is 26.7 Å². The standard InChI is InChI=1S/C20H25ClFN4O2P/c1-13-23-10-14(11-24-13)16(26-8-6-20(22,29)7-9-26)12-25-19(27)15-4-3-5-17(28-2)18(15)21/h3-5,10-11,16H,6-9,12,29H2,1-2H3,(H,25,27). The average molecular weight is 439 g/mol. The van der Waals surface area contributed by atoms with Gasteiger partial charge in [0.05, 0.1) is 23.7 Å². The molecule has 1 aromatic heterocycles. The third-order valence-electron chi connectivity index (χ3n) is 5.14. The lowest BCUT2D eigenvalue weighted by Gasteiger charge is -2.39. The van der Waals surface area contributed by atoms with Crippen LogP contribution in [0.2, 0.25) is 5.02 Å². The zero-order valence-corrected chi connectivity index (χ0v) is 18.4. The number of nitrogens with zero attached hydrogens (tertiary/aromatic N) is 3. The molecule has 2 heterocycles. The van der Waals surface area contributed by atoms with Gasteiger partial charge < -0.3 is 10.1 Å². The van der Waals surface area contributed by atoms with Gasteiger partial charge in [-0.15, -0.1) is 0 Å². The predicted molar refractivity (Wildman–Crippen MR) is 114 cm³/mol. The first-order chi connectivity index (χ1) is 13.8. The van der Waals surface area contributed by atoms with Gasteiger partial charge in [0.25, 0.3) is 5.91 Å². The molecule has 0 radical (unpaired) electrons. The van der Waals surface area contributed by atoms with Crippen LogP contribution in [0.25, 0.3) is 0 Å². The molecule has 29 heavy (non-hydrogen) atoms. The molecule has 0 aliphatic carbocycles. The highest BCUT2D eigenvalue weighted by Gasteiger charge is 2.33. The Labute approximate surface area is 177 Å². The summed E-state index contributed by atoms with van der Waals surface area (Å²) in [6, 6.07) is 4.90. The molecule has 9 heteroatoms. The number of amides is 1. The fraction of sp³-hybridized carbons (Fsp3) is 0.450. The summed E-state index contributed by atoms with van der Waals surface area (Å²) in [6.45, 7) is 3.30. The van der Waals surface area contributed by atoms with Gasteiger partial charge in [-0.3, -0.25) is 9.69 Å². The zero-order chi connectivity index (χ0) is 21.0. The summed E-state index contributed by atoms with van der Waals surface area (Å²) in [7, 11) is 3.81. The first-order valence-corrected chi connectivity index (χ1v) is 10.4. The van der Waals surface area contributed by atoms with E-state index in [1.54, 1.807) is 30.6 Å². The molecule has 1 N–H and O–H groups in total. The third kappa shape index (κ3) is 5.41. The highest BCUT2D eigenvalue weighted by molar-refractivity contribution is 7.18. The van der Waals surface area contributed by atoms with Crippen molar-refractivity contribution in [1.29, 1.82) is 0 Å². The molecule has 0 bridgehead atoms. The smallest absolute Gasteiger partial charge is 0.253 e. The van der Waals surface area contributed by atoms with E-state index in [9.17, 15) is 9.18 Å². The Morgan fingerprint density at radius 1 is 1.38 bits per heavy atom. The minimum absolute atomic E-state index is 0.162. The summed E-state index contributed by atoms with van der Waals surface area (Å²) in [5.41, 5.74) is 1.22. The van der Waals surface area contributed by atoms with Gasteiger partial charge in [0.15, 0.2) is 0 Å². The minimum atomic E-state index is -1.23. The molecule has 1 aromatic carbocycles. The van der Waals surface area contributed by atoms with Crippen LogP contribution in [0, 0.1) is 6.92 Å². The summed E-state index contributed by atoms with van der Waals surface area (Å²) in [5, 5.41) is 1.98. The summed E-state index contributed by atoms with van der Waals surface area (Å²) >= 11 is 6.27. The molecule has 1 fully saturated rings. The molecule has 1 saturated heterocycles. The predicted octanol–water partition coefficient (Wildman–Crippen LogP) is 3.55. The summed E-state index contributed by atoms with van der Waals surface area (Å²) in [4.78, 5) is 23.5. The van der Waals surface area contributed by atoms with Crippen LogP contribution >= 0.6 is 20.8 Å². The second kappa shape index (κ2) is 9.33. The molecule has 2 atom stereocenters. The van der Waals surface area contributed by atoms with Crippen LogP contribution < -0.4 is 10.1 Å². The SMILES string of the molecule is COc1cccc(C(=O)NCC(c2cnc(C)nc2)N2CCC(F)(P)CC2)c1Cl. The van der Waals surface area contributed by atoms with Crippen molar-refractivity contribution in [3.05, 3.63) is 52.6 Å². The van der Waals surface area contributed by atoms with Gasteiger partial charge in [0, 0.05) is 37.6 Å². The molecule has 2 unspecified atom stereocenters. The van der Waals surface area contributed by atoms with Crippen LogP contribution in [0.5, 0.6) is 5.75 Å². The fourth-order valence-corrected chi connectivity index (χ4v) is 3.92. The van der Waals surface area contributed by atoms with Crippen LogP contribution in [-0.4, -0.2) is 52.9 Å². The van der Waals surface area contributed by atoms with Gasteiger partial charge in [-0.2, -0.15) is 0 Å². The van der Waals surface area contributed by atoms with Crippen molar-refractivity contribution in [3.63, 3.8) is 0 Å². The fourth-order valence-electron chi connectivity index (χ4n) is 3.37. The van der Waals surface area contributed by atoms with E-state index in [2.05, 4.69) is 29.4 Å². The largest absolute Gasteiger partial charge is 0.495 e. The summed E-state index contributed by atoms with van der Waals surface area (Å²) < 4.78 is 19.4. The van der Waals surface area contributed by atoms with Crippen molar-refractivity contribution < 1.29 is 13.9 Å². The topological polar surface area (TPSA) is 67.3 Å².